The minimum Gasteiger partial charge on any atom is -0.339 e. The van der Waals surface area contributed by atoms with Gasteiger partial charge in [0.15, 0.2) is 5.16 Å². The molecule has 1 saturated heterocycles. The maximum absolute atomic E-state index is 12.6. The number of hydrogen-bond acceptors (Lipinski definition) is 5. The lowest BCUT2D eigenvalue weighted by molar-refractivity contribution is -0.129. The molecule has 1 aliphatic rings. The molecular formula is C21H22N4O3S2. The molecule has 1 amide bonds. The van der Waals surface area contributed by atoms with Crippen LogP contribution in [0.5, 0.6) is 0 Å². The Morgan fingerprint density at radius 1 is 1.03 bits per heavy atom. The molecule has 9 heteroatoms. The average Bonchev–Trinajstić information content (AvgIpc) is 3.20. The number of aromatic nitrogens is 2. The van der Waals surface area contributed by atoms with E-state index in [1.54, 1.807) is 11.0 Å². The monoisotopic (exact) mass is 442 g/mol. The zero-order valence-electron chi connectivity index (χ0n) is 16.3. The SMILES string of the molecule is O=C(CSc1nc2ccccc2[nH]1)N1CCN(S(=O)(=O)/C=C/c2ccccc2)CC1. The molecule has 0 saturated carbocycles. The van der Waals surface area contributed by atoms with Crippen LogP contribution in [0.3, 0.4) is 0 Å². The molecule has 2 aromatic carbocycles. The third kappa shape index (κ3) is 4.92. The van der Waals surface area contributed by atoms with Gasteiger partial charge in [0.05, 0.1) is 16.8 Å². The Labute approximate surface area is 179 Å². The van der Waals surface area contributed by atoms with Gasteiger partial charge in [0.2, 0.25) is 15.9 Å². The van der Waals surface area contributed by atoms with Crippen molar-refractivity contribution in [1.29, 1.82) is 0 Å². The van der Waals surface area contributed by atoms with E-state index in [-0.39, 0.29) is 11.7 Å². The number of sulfonamides is 1. The Kier molecular flexibility index (Phi) is 6.21. The number of para-hydroxylation sites is 2. The first-order chi connectivity index (χ1) is 14.5. The van der Waals surface area contributed by atoms with Crippen molar-refractivity contribution in [3.8, 4) is 0 Å². The highest BCUT2D eigenvalue weighted by molar-refractivity contribution is 7.99. The van der Waals surface area contributed by atoms with Crippen LogP contribution in [0.15, 0.2) is 65.2 Å². The predicted molar refractivity (Wildman–Crippen MR) is 119 cm³/mol. The summed E-state index contributed by atoms with van der Waals surface area (Å²) in [6.07, 6.45) is 1.59. The summed E-state index contributed by atoms with van der Waals surface area (Å²) in [5.74, 6) is 0.248. The van der Waals surface area contributed by atoms with Gasteiger partial charge in [0.25, 0.3) is 0 Å². The van der Waals surface area contributed by atoms with Crippen LogP contribution >= 0.6 is 11.8 Å². The lowest BCUT2D eigenvalue weighted by Crippen LogP contribution is -2.50. The molecule has 3 aromatic rings. The van der Waals surface area contributed by atoms with Gasteiger partial charge in [-0.1, -0.05) is 54.2 Å². The van der Waals surface area contributed by atoms with E-state index in [0.29, 0.717) is 31.3 Å². The zero-order chi connectivity index (χ0) is 21.0. The summed E-state index contributed by atoms with van der Waals surface area (Å²) >= 11 is 1.36. The van der Waals surface area contributed by atoms with Crippen molar-refractivity contribution in [2.45, 2.75) is 5.16 Å². The largest absolute Gasteiger partial charge is 0.339 e. The number of carbonyl (C=O) groups is 1. The lowest BCUT2D eigenvalue weighted by Gasteiger charge is -2.33. The first-order valence-corrected chi connectivity index (χ1v) is 12.1. The number of imidazole rings is 1. The van der Waals surface area contributed by atoms with Crippen LogP contribution in [0.2, 0.25) is 0 Å². The number of fused-ring (bicyclic) bond motifs is 1. The highest BCUT2D eigenvalue weighted by atomic mass is 32.2. The highest BCUT2D eigenvalue weighted by Crippen LogP contribution is 2.20. The van der Waals surface area contributed by atoms with Crippen molar-refractivity contribution in [3.05, 3.63) is 65.6 Å². The van der Waals surface area contributed by atoms with E-state index in [1.807, 2.05) is 54.6 Å². The number of hydrogen-bond donors (Lipinski definition) is 1. The zero-order valence-corrected chi connectivity index (χ0v) is 17.9. The van der Waals surface area contributed by atoms with Crippen LogP contribution in [0, 0.1) is 0 Å². The third-order valence-corrected chi connectivity index (χ3v) is 7.31. The maximum Gasteiger partial charge on any atom is 0.236 e. The number of H-pyrrole nitrogens is 1. The number of benzene rings is 2. The number of rotatable bonds is 6. The molecule has 1 N–H and O–H groups in total. The van der Waals surface area contributed by atoms with Crippen LogP contribution < -0.4 is 0 Å². The van der Waals surface area contributed by atoms with Gasteiger partial charge in [-0.25, -0.2) is 13.4 Å². The van der Waals surface area contributed by atoms with Crippen molar-refractivity contribution >= 4 is 44.8 Å². The van der Waals surface area contributed by atoms with Gasteiger partial charge >= 0.3 is 0 Å². The van der Waals surface area contributed by atoms with Crippen molar-refractivity contribution < 1.29 is 13.2 Å². The van der Waals surface area contributed by atoms with Gasteiger partial charge in [0, 0.05) is 31.6 Å². The van der Waals surface area contributed by atoms with Crippen LogP contribution in [0.4, 0.5) is 0 Å². The molecule has 0 spiro atoms. The summed E-state index contributed by atoms with van der Waals surface area (Å²) in [4.78, 5) is 21.9. The summed E-state index contributed by atoms with van der Waals surface area (Å²) in [6, 6.07) is 17.0. The molecule has 0 unspecified atom stereocenters. The second kappa shape index (κ2) is 9.03. The minimum atomic E-state index is -3.51. The number of nitrogens with zero attached hydrogens (tertiary/aromatic N) is 3. The fraction of sp³-hybridized carbons (Fsp3) is 0.238. The molecule has 7 nitrogen and oxygen atoms in total. The number of carbonyl (C=O) groups excluding carboxylic acids is 1. The summed E-state index contributed by atoms with van der Waals surface area (Å²) in [5.41, 5.74) is 2.64. The first kappa shape index (κ1) is 20.6. The topological polar surface area (TPSA) is 86.4 Å². The molecule has 2 heterocycles. The number of nitrogens with one attached hydrogen (secondary N) is 1. The van der Waals surface area contributed by atoms with Gasteiger partial charge in [-0.15, -0.1) is 0 Å². The average molecular weight is 443 g/mol. The molecule has 4 rings (SSSR count). The number of thioether (sulfide) groups is 1. The molecule has 30 heavy (non-hydrogen) atoms. The standard InChI is InChI=1S/C21H22N4O3S2/c26-20(16-29-21-22-18-8-4-5-9-19(18)23-21)24-11-13-25(14-12-24)30(27,28)15-10-17-6-2-1-3-7-17/h1-10,15H,11-14,16H2,(H,22,23)/b15-10+. The normalized spacial score (nSPS) is 15.8. The van der Waals surface area contributed by atoms with Gasteiger partial charge in [-0.2, -0.15) is 4.31 Å². The first-order valence-electron chi connectivity index (χ1n) is 9.60. The van der Waals surface area contributed by atoms with Gasteiger partial charge in [-0.3, -0.25) is 4.79 Å². The number of aromatic amines is 1. The van der Waals surface area contributed by atoms with Gasteiger partial charge < -0.3 is 9.88 Å². The van der Waals surface area contributed by atoms with Crippen LogP contribution in [0.1, 0.15) is 5.56 Å². The van der Waals surface area contributed by atoms with Crippen molar-refractivity contribution in [2.75, 3.05) is 31.9 Å². The quantitative estimate of drug-likeness (QED) is 0.593. The van der Waals surface area contributed by atoms with E-state index in [4.69, 9.17) is 0 Å². The smallest absolute Gasteiger partial charge is 0.236 e. The summed E-state index contributed by atoms with van der Waals surface area (Å²) < 4.78 is 26.5. The molecule has 0 radical (unpaired) electrons. The number of amides is 1. The van der Waals surface area contributed by atoms with Gasteiger partial charge in [-0.05, 0) is 23.8 Å². The van der Waals surface area contributed by atoms with Crippen LogP contribution in [-0.2, 0) is 14.8 Å². The van der Waals surface area contributed by atoms with Crippen molar-refractivity contribution in [2.24, 2.45) is 0 Å². The van der Waals surface area contributed by atoms with Crippen molar-refractivity contribution in [3.63, 3.8) is 0 Å². The minimum absolute atomic E-state index is 0.0164. The maximum atomic E-state index is 12.6. The number of piperazine rings is 1. The fourth-order valence-corrected chi connectivity index (χ4v) is 5.19. The second-order valence-electron chi connectivity index (χ2n) is 6.89. The van der Waals surface area contributed by atoms with E-state index >= 15 is 0 Å². The highest BCUT2D eigenvalue weighted by Gasteiger charge is 2.27. The molecule has 1 fully saturated rings. The Hall–Kier alpha value is -2.62. The van der Waals surface area contributed by atoms with E-state index in [0.717, 1.165) is 16.6 Å². The van der Waals surface area contributed by atoms with E-state index in [2.05, 4.69) is 9.97 Å². The van der Waals surface area contributed by atoms with E-state index in [9.17, 15) is 13.2 Å². The molecule has 156 valence electrons. The fourth-order valence-electron chi connectivity index (χ4n) is 3.23. The third-order valence-electron chi connectivity index (χ3n) is 4.88. The summed E-state index contributed by atoms with van der Waals surface area (Å²) in [5, 5.41) is 1.94. The predicted octanol–water partition coefficient (Wildman–Crippen LogP) is 2.80. The van der Waals surface area contributed by atoms with Crippen LogP contribution in [-0.4, -0.2) is 65.4 Å². The van der Waals surface area contributed by atoms with Crippen LogP contribution in [0.25, 0.3) is 17.1 Å². The summed E-state index contributed by atoms with van der Waals surface area (Å²) in [7, 11) is -3.51. The molecule has 1 aliphatic heterocycles. The molecule has 0 atom stereocenters. The molecule has 1 aromatic heterocycles. The second-order valence-corrected chi connectivity index (χ2v) is 9.67. The molecule has 0 aliphatic carbocycles. The Morgan fingerprint density at radius 2 is 1.73 bits per heavy atom. The lowest BCUT2D eigenvalue weighted by atomic mass is 10.2. The molecular weight excluding hydrogens is 420 g/mol. The van der Waals surface area contributed by atoms with Gasteiger partial charge in [0.1, 0.15) is 0 Å². The van der Waals surface area contributed by atoms with E-state index < -0.39 is 10.0 Å². The molecule has 0 bridgehead atoms. The van der Waals surface area contributed by atoms with E-state index in [1.165, 1.54) is 21.5 Å². The Morgan fingerprint density at radius 3 is 2.47 bits per heavy atom. The summed E-state index contributed by atoms with van der Waals surface area (Å²) in [6.45, 7) is 1.36. The van der Waals surface area contributed by atoms with Crippen molar-refractivity contribution in [1.82, 2.24) is 19.2 Å². The Balaban J connectivity index is 1.29. The Bertz CT molecular complexity index is 1120.